The predicted octanol–water partition coefficient (Wildman–Crippen LogP) is 6.22. The fraction of sp³-hybridized carbons (Fsp3) is 0.231. The summed E-state index contributed by atoms with van der Waals surface area (Å²) in [5.74, 6) is 0. The molecule has 2 aromatic rings. The second kappa shape index (κ2) is 5.43. The van der Waals surface area contributed by atoms with Crippen molar-refractivity contribution in [3.63, 3.8) is 0 Å². The highest BCUT2D eigenvalue weighted by Crippen LogP contribution is 2.39. The summed E-state index contributed by atoms with van der Waals surface area (Å²) < 4.78 is 2.19. The van der Waals surface area contributed by atoms with E-state index >= 15 is 0 Å². The number of rotatable bonds is 2. The smallest absolute Gasteiger partial charge is 0.0857 e. The highest BCUT2D eigenvalue weighted by molar-refractivity contribution is 9.11. The first kappa shape index (κ1) is 13.6. The number of alkyl halides is 1. The van der Waals surface area contributed by atoms with E-state index in [4.69, 9.17) is 11.6 Å². The van der Waals surface area contributed by atoms with Crippen molar-refractivity contribution in [3.05, 3.63) is 54.1 Å². The Kier molecular flexibility index (Phi) is 4.35. The molecular formula is C13H11Br2ClS. The van der Waals surface area contributed by atoms with Gasteiger partial charge in [0, 0.05) is 9.35 Å². The van der Waals surface area contributed by atoms with Gasteiger partial charge in [0.05, 0.1) is 9.16 Å². The summed E-state index contributed by atoms with van der Waals surface area (Å²) in [6.07, 6.45) is 0. The highest BCUT2D eigenvalue weighted by Gasteiger charge is 2.18. The average molecular weight is 395 g/mol. The minimum Gasteiger partial charge on any atom is -0.133 e. The summed E-state index contributed by atoms with van der Waals surface area (Å²) in [5, 5.41) is -0.104. The quantitative estimate of drug-likeness (QED) is 0.531. The van der Waals surface area contributed by atoms with Crippen molar-refractivity contribution in [2.45, 2.75) is 19.2 Å². The Morgan fingerprint density at radius 3 is 2.35 bits per heavy atom. The molecule has 17 heavy (non-hydrogen) atoms. The topological polar surface area (TPSA) is 0 Å². The Morgan fingerprint density at radius 2 is 1.82 bits per heavy atom. The van der Waals surface area contributed by atoms with E-state index in [1.807, 2.05) is 0 Å². The SMILES string of the molecule is Cc1ccc(C(Cl)c2cc(Br)sc2C)c(Br)c1. The number of hydrogen-bond donors (Lipinski definition) is 0. The lowest BCUT2D eigenvalue weighted by Crippen LogP contribution is -1.95. The van der Waals surface area contributed by atoms with Gasteiger partial charge in [0.2, 0.25) is 0 Å². The van der Waals surface area contributed by atoms with Gasteiger partial charge in [-0.15, -0.1) is 22.9 Å². The van der Waals surface area contributed by atoms with Gasteiger partial charge in [0.25, 0.3) is 0 Å². The molecule has 0 radical (unpaired) electrons. The van der Waals surface area contributed by atoms with E-state index < -0.39 is 0 Å². The van der Waals surface area contributed by atoms with Gasteiger partial charge in [-0.2, -0.15) is 0 Å². The van der Waals surface area contributed by atoms with Crippen LogP contribution < -0.4 is 0 Å². The second-order valence-electron chi connectivity index (χ2n) is 3.95. The molecule has 1 heterocycles. The molecule has 0 aliphatic heterocycles. The Morgan fingerprint density at radius 1 is 1.12 bits per heavy atom. The van der Waals surface area contributed by atoms with Crippen molar-refractivity contribution < 1.29 is 0 Å². The van der Waals surface area contributed by atoms with Crippen LogP contribution in [0.3, 0.4) is 0 Å². The van der Waals surface area contributed by atoms with Crippen LogP contribution >= 0.6 is 54.8 Å². The molecule has 90 valence electrons. The van der Waals surface area contributed by atoms with Gasteiger partial charge in [-0.1, -0.05) is 28.1 Å². The average Bonchev–Trinajstić information content (AvgIpc) is 2.57. The fourth-order valence-corrected chi connectivity index (χ4v) is 4.80. The molecule has 1 aromatic carbocycles. The third kappa shape index (κ3) is 2.95. The van der Waals surface area contributed by atoms with Crippen LogP contribution in [-0.2, 0) is 0 Å². The van der Waals surface area contributed by atoms with Gasteiger partial charge < -0.3 is 0 Å². The lowest BCUT2D eigenvalue weighted by molar-refractivity contribution is 1.12. The monoisotopic (exact) mass is 392 g/mol. The normalized spacial score (nSPS) is 12.8. The first-order valence-corrected chi connectivity index (χ1v) is 7.99. The van der Waals surface area contributed by atoms with Gasteiger partial charge >= 0.3 is 0 Å². The molecule has 0 spiro atoms. The highest BCUT2D eigenvalue weighted by atomic mass is 79.9. The Balaban J connectivity index is 2.43. The number of hydrogen-bond acceptors (Lipinski definition) is 1. The van der Waals surface area contributed by atoms with Crippen molar-refractivity contribution in [1.82, 2.24) is 0 Å². The molecule has 0 aliphatic carbocycles. The Hall–Kier alpha value is 0.170. The first-order valence-electron chi connectivity index (χ1n) is 5.15. The number of aryl methyl sites for hydroxylation is 2. The van der Waals surface area contributed by atoms with Crippen LogP contribution in [0.25, 0.3) is 0 Å². The van der Waals surface area contributed by atoms with Crippen molar-refractivity contribution in [2.24, 2.45) is 0 Å². The molecule has 1 atom stereocenters. The molecule has 0 aliphatic rings. The molecule has 0 nitrogen and oxygen atoms in total. The Labute approximate surface area is 127 Å². The molecule has 0 fully saturated rings. The first-order chi connectivity index (χ1) is 7.99. The molecule has 1 unspecified atom stereocenters. The van der Waals surface area contributed by atoms with Crippen LogP contribution in [0, 0.1) is 13.8 Å². The van der Waals surface area contributed by atoms with E-state index in [0.717, 1.165) is 13.8 Å². The van der Waals surface area contributed by atoms with Gasteiger partial charge in [-0.3, -0.25) is 0 Å². The summed E-state index contributed by atoms with van der Waals surface area (Å²) in [4.78, 5) is 1.25. The molecule has 4 heteroatoms. The van der Waals surface area contributed by atoms with E-state index in [1.54, 1.807) is 11.3 Å². The molecule has 1 aromatic heterocycles. The van der Waals surface area contributed by atoms with Crippen LogP contribution in [0.15, 0.2) is 32.5 Å². The lowest BCUT2D eigenvalue weighted by atomic mass is 10.0. The lowest BCUT2D eigenvalue weighted by Gasteiger charge is -2.12. The maximum atomic E-state index is 6.56. The zero-order chi connectivity index (χ0) is 12.6. The minimum absolute atomic E-state index is 0.104. The number of thiophene rings is 1. The summed E-state index contributed by atoms with van der Waals surface area (Å²) in [7, 11) is 0. The second-order valence-corrected chi connectivity index (χ2v) is 7.88. The van der Waals surface area contributed by atoms with E-state index in [1.165, 1.54) is 16.0 Å². The van der Waals surface area contributed by atoms with Crippen LogP contribution in [0.5, 0.6) is 0 Å². The summed E-state index contributed by atoms with van der Waals surface area (Å²) in [6.45, 7) is 4.17. The molecule has 0 bridgehead atoms. The van der Waals surface area contributed by atoms with Crippen molar-refractivity contribution in [2.75, 3.05) is 0 Å². The van der Waals surface area contributed by atoms with E-state index in [9.17, 15) is 0 Å². The summed E-state index contributed by atoms with van der Waals surface area (Å²) >= 11 is 15.4. The van der Waals surface area contributed by atoms with Crippen LogP contribution in [0.4, 0.5) is 0 Å². The maximum Gasteiger partial charge on any atom is 0.0857 e. The maximum absolute atomic E-state index is 6.56. The van der Waals surface area contributed by atoms with Gasteiger partial charge in [0.15, 0.2) is 0 Å². The van der Waals surface area contributed by atoms with Crippen LogP contribution in [0.1, 0.15) is 26.9 Å². The number of benzene rings is 1. The standard InChI is InChI=1S/C13H11Br2ClS/c1-7-3-4-9(11(14)5-7)13(16)10-6-12(15)17-8(10)2/h3-6,13H,1-2H3. The number of halogens is 3. The summed E-state index contributed by atoms with van der Waals surface area (Å²) in [6, 6.07) is 8.37. The van der Waals surface area contributed by atoms with E-state index in [2.05, 4.69) is 70.0 Å². The van der Waals surface area contributed by atoms with Crippen molar-refractivity contribution in [1.29, 1.82) is 0 Å². The van der Waals surface area contributed by atoms with Crippen molar-refractivity contribution >= 4 is 54.8 Å². The molecular weight excluding hydrogens is 383 g/mol. The summed E-state index contributed by atoms with van der Waals surface area (Å²) in [5.41, 5.74) is 3.52. The third-order valence-electron chi connectivity index (χ3n) is 2.63. The zero-order valence-corrected chi connectivity index (χ0v) is 14.2. The zero-order valence-electron chi connectivity index (χ0n) is 9.43. The van der Waals surface area contributed by atoms with Gasteiger partial charge in [-0.25, -0.2) is 0 Å². The largest absolute Gasteiger partial charge is 0.133 e. The molecule has 0 saturated carbocycles. The van der Waals surface area contributed by atoms with Gasteiger partial charge in [-0.05, 0) is 58.6 Å². The van der Waals surface area contributed by atoms with Gasteiger partial charge in [0.1, 0.15) is 0 Å². The third-order valence-corrected chi connectivity index (χ3v) is 5.35. The van der Waals surface area contributed by atoms with Crippen LogP contribution in [0.2, 0.25) is 0 Å². The van der Waals surface area contributed by atoms with E-state index in [-0.39, 0.29) is 5.38 Å². The Bertz CT molecular complexity index is 548. The molecule has 2 rings (SSSR count). The molecule has 0 N–H and O–H groups in total. The molecule has 0 amide bonds. The predicted molar refractivity (Wildman–Crippen MR) is 83.3 cm³/mol. The van der Waals surface area contributed by atoms with Crippen LogP contribution in [-0.4, -0.2) is 0 Å². The molecule has 0 saturated heterocycles. The van der Waals surface area contributed by atoms with Crippen molar-refractivity contribution in [3.8, 4) is 0 Å². The fourth-order valence-electron chi connectivity index (χ4n) is 1.72. The van der Waals surface area contributed by atoms with E-state index in [0.29, 0.717) is 0 Å². The minimum atomic E-state index is -0.104.